The zero-order valence-electron chi connectivity index (χ0n) is 11.5. The standard InChI is InChI=1S/C17H19NO.ClH/c1-2-6-15(7-3-1)14-19-11-10-18-12-16-8-4-5-9-17(16)13-18;/h1-9H,10-14H2;1H. The van der Waals surface area contributed by atoms with Crippen LogP contribution in [0, 0.1) is 0 Å². The highest BCUT2D eigenvalue weighted by molar-refractivity contribution is 5.85. The molecular formula is C17H20ClNO. The maximum absolute atomic E-state index is 5.74. The van der Waals surface area contributed by atoms with E-state index in [2.05, 4.69) is 53.4 Å². The molecule has 0 fully saturated rings. The van der Waals surface area contributed by atoms with Crippen LogP contribution < -0.4 is 0 Å². The summed E-state index contributed by atoms with van der Waals surface area (Å²) in [4.78, 5) is 2.44. The van der Waals surface area contributed by atoms with Gasteiger partial charge in [0, 0.05) is 19.6 Å². The Morgan fingerprint density at radius 1 is 0.850 bits per heavy atom. The quantitative estimate of drug-likeness (QED) is 0.779. The molecule has 0 spiro atoms. The molecule has 0 atom stereocenters. The molecule has 2 aromatic carbocycles. The summed E-state index contributed by atoms with van der Waals surface area (Å²) in [6.07, 6.45) is 0. The molecule has 3 heteroatoms. The fraction of sp³-hybridized carbons (Fsp3) is 0.294. The van der Waals surface area contributed by atoms with Gasteiger partial charge in [-0.2, -0.15) is 0 Å². The first-order valence-corrected chi connectivity index (χ1v) is 6.82. The molecule has 1 heterocycles. The van der Waals surface area contributed by atoms with Gasteiger partial charge in [0.2, 0.25) is 0 Å². The molecule has 0 unspecified atom stereocenters. The fourth-order valence-electron chi connectivity index (χ4n) is 2.52. The van der Waals surface area contributed by atoms with Crippen molar-refractivity contribution >= 4 is 12.4 Å². The summed E-state index contributed by atoms with van der Waals surface area (Å²) in [5.74, 6) is 0. The zero-order chi connectivity index (χ0) is 12.9. The van der Waals surface area contributed by atoms with Crippen LogP contribution in [0.2, 0.25) is 0 Å². The predicted molar refractivity (Wildman–Crippen MR) is 83.9 cm³/mol. The number of fused-ring (bicyclic) bond motifs is 1. The SMILES string of the molecule is Cl.c1ccc(COCCN2Cc3ccccc3C2)cc1. The Labute approximate surface area is 126 Å². The molecule has 2 aromatic rings. The molecule has 106 valence electrons. The highest BCUT2D eigenvalue weighted by atomic mass is 35.5. The van der Waals surface area contributed by atoms with Crippen LogP contribution in [-0.4, -0.2) is 18.1 Å². The lowest BCUT2D eigenvalue weighted by Gasteiger charge is -2.14. The Hall–Kier alpha value is -1.35. The highest BCUT2D eigenvalue weighted by Crippen LogP contribution is 2.21. The number of rotatable bonds is 5. The summed E-state index contributed by atoms with van der Waals surface area (Å²) in [7, 11) is 0. The average Bonchev–Trinajstić information content (AvgIpc) is 2.87. The summed E-state index contributed by atoms with van der Waals surface area (Å²) in [5.41, 5.74) is 4.17. The van der Waals surface area contributed by atoms with Gasteiger partial charge in [-0.15, -0.1) is 12.4 Å². The Morgan fingerprint density at radius 3 is 2.10 bits per heavy atom. The molecule has 0 aromatic heterocycles. The van der Waals surface area contributed by atoms with Gasteiger partial charge in [0.05, 0.1) is 13.2 Å². The van der Waals surface area contributed by atoms with Crippen LogP contribution >= 0.6 is 12.4 Å². The van der Waals surface area contributed by atoms with Crippen molar-refractivity contribution in [1.29, 1.82) is 0 Å². The van der Waals surface area contributed by atoms with E-state index < -0.39 is 0 Å². The lowest BCUT2D eigenvalue weighted by Crippen LogP contribution is -2.21. The Bertz CT molecular complexity index is 505. The number of hydrogen-bond acceptors (Lipinski definition) is 2. The monoisotopic (exact) mass is 289 g/mol. The van der Waals surface area contributed by atoms with Crippen LogP contribution in [0.5, 0.6) is 0 Å². The lowest BCUT2D eigenvalue weighted by atomic mass is 10.1. The fourth-order valence-corrected chi connectivity index (χ4v) is 2.52. The average molecular weight is 290 g/mol. The third-order valence-corrected chi connectivity index (χ3v) is 3.57. The van der Waals surface area contributed by atoms with Gasteiger partial charge >= 0.3 is 0 Å². The first kappa shape index (κ1) is 15.0. The maximum Gasteiger partial charge on any atom is 0.0717 e. The zero-order valence-corrected chi connectivity index (χ0v) is 12.3. The Morgan fingerprint density at radius 2 is 1.45 bits per heavy atom. The molecule has 0 N–H and O–H groups in total. The van der Waals surface area contributed by atoms with Gasteiger partial charge in [-0.3, -0.25) is 4.90 Å². The Balaban J connectivity index is 0.00000147. The Kier molecular flexibility index (Phi) is 5.60. The van der Waals surface area contributed by atoms with E-state index in [0.717, 1.165) is 26.2 Å². The minimum atomic E-state index is 0. The van der Waals surface area contributed by atoms with Crippen molar-refractivity contribution in [3.63, 3.8) is 0 Å². The van der Waals surface area contributed by atoms with Gasteiger partial charge < -0.3 is 4.74 Å². The van der Waals surface area contributed by atoms with Gasteiger partial charge in [-0.05, 0) is 16.7 Å². The summed E-state index contributed by atoms with van der Waals surface area (Å²) >= 11 is 0. The molecular weight excluding hydrogens is 270 g/mol. The van der Waals surface area contributed by atoms with Crippen LogP contribution in [0.4, 0.5) is 0 Å². The van der Waals surface area contributed by atoms with Crippen LogP contribution in [-0.2, 0) is 24.4 Å². The summed E-state index contributed by atoms with van der Waals surface area (Å²) < 4.78 is 5.74. The topological polar surface area (TPSA) is 12.5 Å². The molecule has 0 amide bonds. The molecule has 0 radical (unpaired) electrons. The number of hydrogen-bond donors (Lipinski definition) is 0. The third kappa shape index (κ3) is 3.83. The molecule has 1 aliphatic heterocycles. The first-order chi connectivity index (χ1) is 9.42. The van der Waals surface area contributed by atoms with E-state index in [1.165, 1.54) is 16.7 Å². The van der Waals surface area contributed by atoms with Gasteiger partial charge in [0.1, 0.15) is 0 Å². The van der Waals surface area contributed by atoms with E-state index in [4.69, 9.17) is 4.74 Å². The van der Waals surface area contributed by atoms with Crippen molar-refractivity contribution in [2.75, 3.05) is 13.2 Å². The normalized spacial score (nSPS) is 13.8. The van der Waals surface area contributed by atoms with E-state index in [-0.39, 0.29) is 12.4 Å². The van der Waals surface area contributed by atoms with Crippen LogP contribution in [0.25, 0.3) is 0 Å². The minimum Gasteiger partial charge on any atom is -0.375 e. The van der Waals surface area contributed by atoms with Crippen molar-refractivity contribution < 1.29 is 4.74 Å². The number of halogens is 1. The molecule has 0 saturated carbocycles. The number of nitrogens with zero attached hydrogens (tertiary/aromatic N) is 1. The van der Waals surface area contributed by atoms with Gasteiger partial charge in [-0.25, -0.2) is 0 Å². The van der Waals surface area contributed by atoms with Gasteiger partial charge in [0.25, 0.3) is 0 Å². The summed E-state index contributed by atoms with van der Waals surface area (Å²) in [6, 6.07) is 19.0. The molecule has 3 rings (SSSR count). The molecule has 1 aliphatic rings. The van der Waals surface area contributed by atoms with E-state index in [0.29, 0.717) is 6.61 Å². The molecule has 0 bridgehead atoms. The van der Waals surface area contributed by atoms with Gasteiger partial charge in [0.15, 0.2) is 0 Å². The van der Waals surface area contributed by atoms with Crippen molar-refractivity contribution in [1.82, 2.24) is 4.90 Å². The second-order valence-electron chi connectivity index (χ2n) is 5.02. The second kappa shape index (κ2) is 7.44. The van der Waals surface area contributed by atoms with E-state index in [9.17, 15) is 0 Å². The summed E-state index contributed by atoms with van der Waals surface area (Å²) in [6.45, 7) is 4.63. The first-order valence-electron chi connectivity index (χ1n) is 6.82. The van der Waals surface area contributed by atoms with Crippen molar-refractivity contribution in [2.45, 2.75) is 19.7 Å². The van der Waals surface area contributed by atoms with Crippen molar-refractivity contribution in [2.24, 2.45) is 0 Å². The second-order valence-corrected chi connectivity index (χ2v) is 5.02. The summed E-state index contributed by atoms with van der Waals surface area (Å²) in [5, 5.41) is 0. The van der Waals surface area contributed by atoms with E-state index in [1.54, 1.807) is 0 Å². The lowest BCUT2D eigenvalue weighted by molar-refractivity contribution is 0.0919. The third-order valence-electron chi connectivity index (χ3n) is 3.57. The molecule has 20 heavy (non-hydrogen) atoms. The maximum atomic E-state index is 5.74. The molecule has 2 nitrogen and oxygen atoms in total. The molecule has 0 aliphatic carbocycles. The van der Waals surface area contributed by atoms with E-state index in [1.807, 2.05) is 6.07 Å². The predicted octanol–water partition coefficient (Wildman–Crippen LogP) is 3.64. The van der Waals surface area contributed by atoms with E-state index >= 15 is 0 Å². The number of ether oxygens (including phenoxy) is 1. The van der Waals surface area contributed by atoms with Crippen molar-refractivity contribution in [3.05, 3.63) is 71.3 Å². The van der Waals surface area contributed by atoms with Crippen LogP contribution in [0.1, 0.15) is 16.7 Å². The smallest absolute Gasteiger partial charge is 0.0717 e. The van der Waals surface area contributed by atoms with Crippen LogP contribution in [0.3, 0.4) is 0 Å². The largest absolute Gasteiger partial charge is 0.375 e. The van der Waals surface area contributed by atoms with Crippen molar-refractivity contribution in [3.8, 4) is 0 Å². The van der Waals surface area contributed by atoms with Crippen LogP contribution in [0.15, 0.2) is 54.6 Å². The molecule has 0 saturated heterocycles. The van der Waals surface area contributed by atoms with Gasteiger partial charge in [-0.1, -0.05) is 54.6 Å². The number of benzene rings is 2. The minimum absolute atomic E-state index is 0. The highest BCUT2D eigenvalue weighted by Gasteiger charge is 2.17.